The Balaban J connectivity index is 0.00000364. The van der Waals surface area contributed by atoms with Crippen LogP contribution in [0.4, 0.5) is 0 Å². The van der Waals surface area contributed by atoms with Crippen molar-refractivity contribution >= 4 is 39.8 Å². The summed E-state index contributed by atoms with van der Waals surface area (Å²) in [4.78, 5) is 6.35. The van der Waals surface area contributed by atoms with Gasteiger partial charge in [0.1, 0.15) is 11.4 Å². The second kappa shape index (κ2) is 8.98. The van der Waals surface area contributed by atoms with Crippen LogP contribution in [0, 0.1) is 0 Å². The van der Waals surface area contributed by atoms with Crippen molar-refractivity contribution in [3.8, 4) is 5.75 Å². The molecule has 0 spiro atoms. The zero-order valence-electron chi connectivity index (χ0n) is 17.1. The molecule has 0 bridgehead atoms. The van der Waals surface area contributed by atoms with Gasteiger partial charge >= 0.3 is 0 Å². The summed E-state index contributed by atoms with van der Waals surface area (Å²) in [5, 5.41) is 3.35. The van der Waals surface area contributed by atoms with E-state index >= 15 is 0 Å². The molecule has 154 valence electrons. The predicted molar refractivity (Wildman–Crippen MR) is 122 cm³/mol. The summed E-state index contributed by atoms with van der Waals surface area (Å²) in [6.45, 7) is 11.0. The zero-order chi connectivity index (χ0) is 19.6. The van der Waals surface area contributed by atoms with Gasteiger partial charge in [-0.15, -0.1) is 24.0 Å². The summed E-state index contributed by atoms with van der Waals surface area (Å²) in [5.74, 6) is 1.69. The highest BCUT2D eigenvalue weighted by atomic mass is 127. The van der Waals surface area contributed by atoms with E-state index in [2.05, 4.69) is 10.3 Å². The van der Waals surface area contributed by atoms with Gasteiger partial charge in [0.2, 0.25) is 0 Å². The van der Waals surface area contributed by atoms with Gasteiger partial charge in [0, 0.05) is 32.2 Å². The molecule has 6 nitrogen and oxygen atoms in total. The number of para-hydroxylation sites is 1. The number of benzene rings is 1. The molecule has 0 atom stereocenters. The maximum absolute atomic E-state index is 12.2. The third-order valence-corrected chi connectivity index (χ3v) is 6.91. The first-order valence-electron chi connectivity index (χ1n) is 8.90. The van der Waals surface area contributed by atoms with Crippen molar-refractivity contribution in [2.45, 2.75) is 51.5 Å². The molecule has 8 heteroatoms. The number of nitrogens with one attached hydrogen (secondary N) is 1. The maximum atomic E-state index is 12.2. The number of hydrogen-bond acceptors (Lipinski definition) is 4. The minimum Gasteiger partial charge on any atom is -0.488 e. The van der Waals surface area contributed by atoms with Gasteiger partial charge in [0.15, 0.2) is 15.8 Å². The number of nitrogens with zero attached hydrogens (tertiary/aromatic N) is 2. The van der Waals surface area contributed by atoms with Crippen LogP contribution >= 0.6 is 24.0 Å². The van der Waals surface area contributed by atoms with E-state index in [0.717, 1.165) is 11.3 Å². The largest absolute Gasteiger partial charge is 0.488 e. The van der Waals surface area contributed by atoms with Crippen molar-refractivity contribution in [3.05, 3.63) is 29.8 Å². The van der Waals surface area contributed by atoms with Gasteiger partial charge in [-0.05, 0) is 40.7 Å². The van der Waals surface area contributed by atoms with E-state index in [1.54, 1.807) is 20.9 Å². The number of hydrogen-bond donors (Lipinski definition) is 1. The van der Waals surface area contributed by atoms with Crippen LogP contribution in [0.15, 0.2) is 29.3 Å². The Bertz CT molecular complexity index is 771. The van der Waals surface area contributed by atoms with E-state index in [1.165, 1.54) is 0 Å². The number of halogens is 1. The Morgan fingerprint density at radius 2 is 1.93 bits per heavy atom. The van der Waals surface area contributed by atoms with Crippen LogP contribution in [-0.2, 0) is 16.4 Å². The normalized spacial score (nSPS) is 19.2. The van der Waals surface area contributed by atoms with Gasteiger partial charge in [-0.2, -0.15) is 0 Å². The molecule has 1 aliphatic rings. The number of sulfone groups is 1. The lowest BCUT2D eigenvalue weighted by atomic mass is 10.1. The van der Waals surface area contributed by atoms with Gasteiger partial charge in [-0.1, -0.05) is 18.2 Å². The van der Waals surface area contributed by atoms with E-state index < -0.39 is 14.6 Å². The van der Waals surface area contributed by atoms with Crippen molar-refractivity contribution in [1.29, 1.82) is 0 Å². The lowest BCUT2D eigenvalue weighted by Gasteiger charge is -2.39. The Morgan fingerprint density at radius 1 is 1.30 bits per heavy atom. The standard InChI is InChI=1S/C19H31N3O3S.HI/c1-18(2,3)25-16-10-8-7-9-15(16)13-21-17(20-6)22-11-12-26(23,24)19(4,5)14-22;/h7-10H,11-14H2,1-6H3,(H,20,21);1H. The molecule has 0 amide bonds. The molecule has 1 aromatic carbocycles. The van der Waals surface area contributed by atoms with Gasteiger partial charge in [-0.3, -0.25) is 4.99 Å². The lowest BCUT2D eigenvalue weighted by Crippen LogP contribution is -2.57. The second-order valence-corrected chi connectivity index (χ2v) is 11.0. The fourth-order valence-corrected chi connectivity index (χ4v) is 4.28. The third kappa shape index (κ3) is 6.23. The van der Waals surface area contributed by atoms with E-state index in [9.17, 15) is 8.42 Å². The monoisotopic (exact) mass is 509 g/mol. The molecular formula is C19H32IN3O3S. The van der Waals surface area contributed by atoms with E-state index in [-0.39, 0.29) is 35.3 Å². The summed E-state index contributed by atoms with van der Waals surface area (Å²) in [7, 11) is -1.36. The van der Waals surface area contributed by atoms with Crippen LogP contribution < -0.4 is 10.1 Å². The second-order valence-electron chi connectivity index (χ2n) is 8.22. The number of ether oxygens (including phenoxy) is 1. The molecule has 0 unspecified atom stereocenters. The smallest absolute Gasteiger partial charge is 0.193 e. The lowest BCUT2D eigenvalue weighted by molar-refractivity contribution is 0.129. The van der Waals surface area contributed by atoms with Gasteiger partial charge < -0.3 is 15.0 Å². The first-order chi connectivity index (χ1) is 12.0. The zero-order valence-corrected chi connectivity index (χ0v) is 20.2. The summed E-state index contributed by atoms with van der Waals surface area (Å²) >= 11 is 0. The summed E-state index contributed by atoms with van der Waals surface area (Å²) in [5.41, 5.74) is 0.760. The molecule has 1 saturated heterocycles. The molecule has 0 aromatic heterocycles. The van der Waals surface area contributed by atoms with Crippen molar-refractivity contribution in [2.75, 3.05) is 25.9 Å². The Hall–Kier alpha value is -1.03. The van der Waals surface area contributed by atoms with Gasteiger partial charge in [0.25, 0.3) is 0 Å². The molecule has 2 rings (SSSR count). The fraction of sp³-hybridized carbons (Fsp3) is 0.632. The number of aliphatic imine (C=N–C) groups is 1. The van der Waals surface area contributed by atoms with Crippen LogP contribution in [0.5, 0.6) is 5.75 Å². The van der Waals surface area contributed by atoms with Crippen LogP contribution in [0.25, 0.3) is 0 Å². The van der Waals surface area contributed by atoms with Crippen molar-refractivity contribution in [2.24, 2.45) is 4.99 Å². The van der Waals surface area contributed by atoms with Crippen LogP contribution in [0.1, 0.15) is 40.2 Å². The molecule has 0 radical (unpaired) electrons. The minimum atomic E-state index is -3.07. The summed E-state index contributed by atoms with van der Waals surface area (Å²) < 4.78 is 29.7. The van der Waals surface area contributed by atoms with E-state index in [4.69, 9.17) is 4.74 Å². The van der Waals surface area contributed by atoms with Crippen LogP contribution in [0.3, 0.4) is 0 Å². The molecule has 1 aliphatic heterocycles. The molecular weight excluding hydrogens is 477 g/mol. The highest BCUT2D eigenvalue weighted by molar-refractivity contribution is 14.0. The van der Waals surface area contributed by atoms with Crippen molar-refractivity contribution in [3.63, 3.8) is 0 Å². The highest BCUT2D eigenvalue weighted by Crippen LogP contribution is 2.25. The van der Waals surface area contributed by atoms with Crippen molar-refractivity contribution in [1.82, 2.24) is 10.2 Å². The van der Waals surface area contributed by atoms with Crippen molar-refractivity contribution < 1.29 is 13.2 Å². The SMILES string of the molecule is CN=C(NCc1ccccc1OC(C)(C)C)N1CCS(=O)(=O)C(C)(C)C1.I. The topological polar surface area (TPSA) is 71.0 Å². The molecule has 27 heavy (non-hydrogen) atoms. The molecule has 1 N–H and O–H groups in total. The number of guanidine groups is 1. The first-order valence-corrected chi connectivity index (χ1v) is 10.6. The number of rotatable bonds is 3. The van der Waals surface area contributed by atoms with E-state index in [0.29, 0.717) is 25.6 Å². The predicted octanol–water partition coefficient (Wildman–Crippen LogP) is 3.07. The fourth-order valence-electron chi connectivity index (χ4n) is 2.91. The summed E-state index contributed by atoms with van der Waals surface area (Å²) in [6.07, 6.45) is 0. The molecule has 1 heterocycles. The highest BCUT2D eigenvalue weighted by Gasteiger charge is 2.40. The Kier molecular flexibility index (Phi) is 7.99. The van der Waals surface area contributed by atoms with Gasteiger partial charge in [0.05, 0.1) is 10.5 Å². The molecule has 1 fully saturated rings. The van der Waals surface area contributed by atoms with Crippen LogP contribution in [0.2, 0.25) is 0 Å². The van der Waals surface area contributed by atoms with Gasteiger partial charge in [-0.25, -0.2) is 8.42 Å². The summed E-state index contributed by atoms with van der Waals surface area (Å²) in [6, 6.07) is 7.91. The Labute approximate surface area is 180 Å². The Morgan fingerprint density at radius 3 is 2.48 bits per heavy atom. The quantitative estimate of drug-likeness (QED) is 0.386. The molecule has 1 aromatic rings. The molecule has 0 aliphatic carbocycles. The first kappa shape index (κ1) is 24.0. The third-order valence-electron chi connectivity index (χ3n) is 4.38. The van der Waals surface area contributed by atoms with Crippen LogP contribution in [-0.4, -0.2) is 55.5 Å². The minimum absolute atomic E-state index is 0. The molecule has 0 saturated carbocycles. The average Bonchev–Trinajstić information content (AvgIpc) is 2.51. The maximum Gasteiger partial charge on any atom is 0.193 e. The van der Waals surface area contributed by atoms with E-state index in [1.807, 2.05) is 49.9 Å². The average molecular weight is 509 g/mol.